The van der Waals surface area contributed by atoms with Crippen LogP contribution in [0.25, 0.3) is 0 Å². The Kier molecular flexibility index (Phi) is 4.26. The molecule has 96 valence electrons. The molecule has 0 aliphatic rings. The van der Waals surface area contributed by atoms with Crippen LogP contribution in [-0.4, -0.2) is 14.1 Å². The van der Waals surface area contributed by atoms with Crippen molar-refractivity contribution in [3.8, 4) is 0 Å². The number of para-hydroxylation sites is 2. The van der Waals surface area contributed by atoms with Gasteiger partial charge in [-0.25, -0.2) is 0 Å². The summed E-state index contributed by atoms with van der Waals surface area (Å²) in [6, 6.07) is 13.1. The Morgan fingerprint density at radius 2 is 1.94 bits per heavy atom. The number of nitrogens with zero attached hydrogens (tertiary/aromatic N) is 1. The second kappa shape index (κ2) is 5.91. The molecule has 3 heteroatoms. The van der Waals surface area contributed by atoms with Crippen LogP contribution in [0.4, 0.5) is 11.4 Å². The molecule has 1 heterocycles. The lowest BCUT2D eigenvalue weighted by Crippen LogP contribution is -2.14. The third-order valence-corrected chi connectivity index (χ3v) is 4.00. The predicted octanol–water partition coefficient (Wildman–Crippen LogP) is 4.38. The summed E-state index contributed by atoms with van der Waals surface area (Å²) in [5, 5.41) is 5.79. The van der Waals surface area contributed by atoms with Gasteiger partial charge in [-0.05, 0) is 30.0 Å². The molecule has 0 saturated heterocycles. The molecule has 1 aromatic carbocycles. The van der Waals surface area contributed by atoms with Crippen molar-refractivity contribution >= 4 is 22.7 Å². The Morgan fingerprint density at radius 1 is 1.17 bits per heavy atom. The normalized spacial score (nSPS) is 12.2. The summed E-state index contributed by atoms with van der Waals surface area (Å²) in [6.45, 7) is 2.22. The van der Waals surface area contributed by atoms with Crippen molar-refractivity contribution in [3.05, 3.63) is 46.7 Å². The van der Waals surface area contributed by atoms with Crippen LogP contribution < -0.4 is 10.2 Å². The van der Waals surface area contributed by atoms with Crippen molar-refractivity contribution in [1.29, 1.82) is 0 Å². The average molecular weight is 260 g/mol. The quantitative estimate of drug-likeness (QED) is 0.858. The summed E-state index contributed by atoms with van der Waals surface area (Å²) in [4.78, 5) is 3.54. The van der Waals surface area contributed by atoms with Gasteiger partial charge in [0.1, 0.15) is 0 Å². The number of rotatable bonds is 5. The van der Waals surface area contributed by atoms with Gasteiger partial charge < -0.3 is 10.2 Å². The molecule has 1 atom stereocenters. The molecule has 18 heavy (non-hydrogen) atoms. The second-order valence-corrected chi connectivity index (χ2v) is 5.51. The molecular formula is C15H20N2S. The van der Waals surface area contributed by atoms with E-state index in [9.17, 15) is 0 Å². The number of thiophene rings is 1. The molecule has 0 amide bonds. The first-order chi connectivity index (χ1) is 8.72. The Hall–Kier alpha value is -1.48. The summed E-state index contributed by atoms with van der Waals surface area (Å²) in [6.07, 6.45) is 1.09. The molecule has 0 fully saturated rings. The van der Waals surface area contributed by atoms with Crippen molar-refractivity contribution in [2.75, 3.05) is 24.3 Å². The first-order valence-electron chi connectivity index (χ1n) is 6.28. The summed E-state index contributed by atoms with van der Waals surface area (Å²) >= 11 is 1.81. The second-order valence-electron chi connectivity index (χ2n) is 4.53. The molecule has 0 aliphatic carbocycles. The van der Waals surface area contributed by atoms with Crippen molar-refractivity contribution in [2.24, 2.45) is 0 Å². The van der Waals surface area contributed by atoms with Crippen molar-refractivity contribution in [3.63, 3.8) is 0 Å². The number of anilines is 2. The van der Waals surface area contributed by atoms with Gasteiger partial charge in [-0.2, -0.15) is 0 Å². The van der Waals surface area contributed by atoms with Gasteiger partial charge in [0, 0.05) is 19.0 Å². The molecule has 1 aromatic heterocycles. The maximum Gasteiger partial charge on any atom is 0.0604 e. The lowest BCUT2D eigenvalue weighted by atomic mass is 10.1. The van der Waals surface area contributed by atoms with Crippen LogP contribution in [0.5, 0.6) is 0 Å². The van der Waals surface area contributed by atoms with Crippen LogP contribution in [0.15, 0.2) is 41.8 Å². The number of nitrogens with one attached hydrogen (secondary N) is 1. The molecule has 0 spiro atoms. The number of hydrogen-bond acceptors (Lipinski definition) is 3. The van der Waals surface area contributed by atoms with Gasteiger partial charge in [0.15, 0.2) is 0 Å². The van der Waals surface area contributed by atoms with Crippen LogP contribution >= 0.6 is 11.3 Å². The summed E-state index contributed by atoms with van der Waals surface area (Å²) < 4.78 is 0. The van der Waals surface area contributed by atoms with Crippen molar-refractivity contribution < 1.29 is 0 Å². The maximum atomic E-state index is 3.65. The van der Waals surface area contributed by atoms with Crippen LogP contribution in [0.3, 0.4) is 0 Å². The van der Waals surface area contributed by atoms with E-state index in [0.29, 0.717) is 6.04 Å². The maximum absolute atomic E-state index is 3.65. The topological polar surface area (TPSA) is 15.3 Å². The minimum absolute atomic E-state index is 0.395. The van der Waals surface area contributed by atoms with E-state index in [-0.39, 0.29) is 0 Å². The van der Waals surface area contributed by atoms with Crippen molar-refractivity contribution in [2.45, 2.75) is 19.4 Å². The predicted molar refractivity (Wildman–Crippen MR) is 81.7 cm³/mol. The van der Waals surface area contributed by atoms with E-state index in [0.717, 1.165) is 6.42 Å². The fraction of sp³-hybridized carbons (Fsp3) is 0.333. The highest BCUT2D eigenvalue weighted by Crippen LogP contribution is 2.31. The highest BCUT2D eigenvalue weighted by atomic mass is 32.1. The molecule has 0 radical (unpaired) electrons. The minimum atomic E-state index is 0.395. The van der Waals surface area contributed by atoms with Crippen LogP contribution in [0.1, 0.15) is 24.3 Å². The van der Waals surface area contributed by atoms with E-state index in [1.54, 1.807) is 0 Å². The van der Waals surface area contributed by atoms with Crippen LogP contribution in [0, 0.1) is 0 Å². The van der Waals surface area contributed by atoms with E-state index < -0.39 is 0 Å². The summed E-state index contributed by atoms with van der Waals surface area (Å²) in [5.41, 5.74) is 2.43. The van der Waals surface area contributed by atoms with E-state index in [1.165, 1.54) is 16.3 Å². The van der Waals surface area contributed by atoms with E-state index in [1.807, 2.05) is 11.3 Å². The molecule has 2 aromatic rings. The molecule has 1 N–H and O–H groups in total. The van der Waals surface area contributed by atoms with E-state index >= 15 is 0 Å². The first-order valence-corrected chi connectivity index (χ1v) is 7.16. The third kappa shape index (κ3) is 2.85. The fourth-order valence-corrected chi connectivity index (χ4v) is 2.90. The molecule has 1 unspecified atom stereocenters. The van der Waals surface area contributed by atoms with E-state index in [2.05, 4.69) is 73.0 Å². The first kappa shape index (κ1) is 13.0. The zero-order valence-corrected chi connectivity index (χ0v) is 12.0. The Morgan fingerprint density at radius 3 is 2.56 bits per heavy atom. The molecule has 0 saturated carbocycles. The largest absolute Gasteiger partial charge is 0.376 e. The van der Waals surface area contributed by atoms with Gasteiger partial charge in [0.2, 0.25) is 0 Å². The highest BCUT2D eigenvalue weighted by molar-refractivity contribution is 7.10. The zero-order valence-electron chi connectivity index (χ0n) is 11.2. The van der Waals surface area contributed by atoms with Gasteiger partial charge in [-0.15, -0.1) is 11.3 Å². The Bertz CT molecular complexity index is 477. The standard InChI is InChI=1S/C15H20N2S/c1-4-12(15-10-7-11-18-15)16-13-8-5-6-9-14(13)17(2)3/h5-12,16H,4H2,1-3H3. The van der Waals surface area contributed by atoms with Gasteiger partial charge in [0.05, 0.1) is 17.4 Å². The fourth-order valence-electron chi connectivity index (χ4n) is 2.04. The molecule has 0 bridgehead atoms. The van der Waals surface area contributed by atoms with Crippen molar-refractivity contribution in [1.82, 2.24) is 0 Å². The molecule has 0 aliphatic heterocycles. The van der Waals surface area contributed by atoms with Crippen LogP contribution in [0.2, 0.25) is 0 Å². The molecular weight excluding hydrogens is 240 g/mol. The molecule has 2 rings (SSSR count). The SMILES string of the molecule is CCC(Nc1ccccc1N(C)C)c1cccs1. The number of benzene rings is 1. The smallest absolute Gasteiger partial charge is 0.0604 e. The zero-order chi connectivity index (χ0) is 13.0. The third-order valence-electron chi connectivity index (χ3n) is 3.01. The minimum Gasteiger partial charge on any atom is -0.376 e. The van der Waals surface area contributed by atoms with Crippen LogP contribution in [-0.2, 0) is 0 Å². The monoisotopic (exact) mass is 260 g/mol. The van der Waals surface area contributed by atoms with Gasteiger partial charge in [-0.1, -0.05) is 25.1 Å². The average Bonchev–Trinajstić information content (AvgIpc) is 2.90. The Balaban J connectivity index is 2.22. The van der Waals surface area contributed by atoms with Gasteiger partial charge in [0.25, 0.3) is 0 Å². The lowest BCUT2D eigenvalue weighted by Gasteiger charge is -2.22. The molecule has 2 nitrogen and oxygen atoms in total. The Labute approximate surface area is 113 Å². The lowest BCUT2D eigenvalue weighted by molar-refractivity contribution is 0.763. The number of hydrogen-bond donors (Lipinski definition) is 1. The van der Waals surface area contributed by atoms with Gasteiger partial charge >= 0.3 is 0 Å². The van der Waals surface area contributed by atoms with Gasteiger partial charge in [-0.3, -0.25) is 0 Å². The van der Waals surface area contributed by atoms with E-state index in [4.69, 9.17) is 0 Å². The summed E-state index contributed by atoms with van der Waals surface area (Å²) in [5.74, 6) is 0. The highest BCUT2D eigenvalue weighted by Gasteiger charge is 2.12. The summed E-state index contributed by atoms with van der Waals surface area (Å²) in [7, 11) is 4.15.